The first-order chi connectivity index (χ1) is 14.6. The Morgan fingerprint density at radius 2 is 2.13 bits per heavy atom. The Bertz CT molecular complexity index is 930. The summed E-state index contributed by atoms with van der Waals surface area (Å²) in [5, 5.41) is 14.7. The van der Waals surface area contributed by atoms with Crippen LogP contribution in [0.2, 0.25) is 0 Å². The van der Waals surface area contributed by atoms with Gasteiger partial charge in [0, 0.05) is 45.6 Å². The molecule has 0 unspecified atom stereocenters. The highest BCUT2D eigenvalue weighted by Gasteiger charge is 2.31. The Morgan fingerprint density at radius 1 is 1.27 bits per heavy atom. The Balaban J connectivity index is 1.66. The zero-order valence-electron chi connectivity index (χ0n) is 17.1. The summed E-state index contributed by atoms with van der Waals surface area (Å²) in [7, 11) is 3.23. The summed E-state index contributed by atoms with van der Waals surface area (Å²) in [6.07, 6.45) is 2.22. The lowest BCUT2D eigenvalue weighted by molar-refractivity contribution is -0.122. The molecule has 4 rings (SSSR count). The van der Waals surface area contributed by atoms with E-state index in [4.69, 9.17) is 9.47 Å². The number of benzene rings is 1. The van der Waals surface area contributed by atoms with Crippen molar-refractivity contribution in [1.29, 1.82) is 0 Å². The molecule has 10 heteroatoms. The first kappa shape index (κ1) is 20.1. The highest BCUT2D eigenvalue weighted by atomic mass is 16.5. The summed E-state index contributed by atoms with van der Waals surface area (Å²) >= 11 is 0. The molecular weight excluding hydrogens is 388 g/mol. The number of amides is 2. The summed E-state index contributed by atoms with van der Waals surface area (Å²) in [4.78, 5) is 27.0. The van der Waals surface area contributed by atoms with Gasteiger partial charge in [-0.2, -0.15) is 0 Å². The number of methoxy groups -OCH3 is 1. The summed E-state index contributed by atoms with van der Waals surface area (Å²) < 4.78 is 13.2. The number of carbonyl (C=O) groups excluding carboxylic acids is 2. The molecule has 2 bridgehead atoms. The summed E-state index contributed by atoms with van der Waals surface area (Å²) in [5.41, 5.74) is 1.03. The lowest BCUT2D eigenvalue weighted by atomic mass is 9.99. The SMILES string of the molecule is COc1cccc2c1OCc1cn(nn1)[C@@H]1CNC[C@@H]1CC(=O)NCCN(C)C2=O. The van der Waals surface area contributed by atoms with Gasteiger partial charge in [-0.25, -0.2) is 4.68 Å². The average Bonchev–Trinajstić information content (AvgIpc) is 3.39. The van der Waals surface area contributed by atoms with Gasteiger partial charge in [-0.1, -0.05) is 11.3 Å². The van der Waals surface area contributed by atoms with Crippen LogP contribution >= 0.6 is 0 Å². The van der Waals surface area contributed by atoms with E-state index in [1.54, 1.807) is 34.8 Å². The normalized spacial score (nSPS) is 22.7. The van der Waals surface area contributed by atoms with Crippen LogP contribution in [0.25, 0.3) is 0 Å². The highest BCUT2D eigenvalue weighted by Crippen LogP contribution is 2.32. The fraction of sp³-hybridized carbons (Fsp3) is 0.500. The summed E-state index contributed by atoms with van der Waals surface area (Å²) in [6, 6.07) is 5.24. The number of nitrogens with zero attached hydrogens (tertiary/aromatic N) is 4. The van der Waals surface area contributed by atoms with Crippen molar-refractivity contribution in [3.8, 4) is 11.5 Å². The van der Waals surface area contributed by atoms with E-state index in [1.807, 2.05) is 6.20 Å². The molecule has 2 atom stereocenters. The van der Waals surface area contributed by atoms with Gasteiger partial charge in [0.15, 0.2) is 11.5 Å². The second kappa shape index (κ2) is 8.70. The molecule has 2 aliphatic heterocycles. The number of hydrogen-bond donors (Lipinski definition) is 2. The molecule has 1 fully saturated rings. The van der Waals surface area contributed by atoms with Gasteiger partial charge >= 0.3 is 0 Å². The van der Waals surface area contributed by atoms with Gasteiger partial charge in [-0.15, -0.1) is 5.10 Å². The third kappa shape index (κ3) is 4.09. The van der Waals surface area contributed by atoms with Crippen molar-refractivity contribution in [2.45, 2.75) is 19.1 Å². The first-order valence-corrected chi connectivity index (χ1v) is 10.00. The maximum absolute atomic E-state index is 13.0. The molecule has 1 saturated heterocycles. The van der Waals surface area contributed by atoms with E-state index in [9.17, 15) is 9.59 Å². The van der Waals surface area contributed by atoms with Crippen molar-refractivity contribution in [3.05, 3.63) is 35.7 Å². The number of likely N-dealkylation sites (N-methyl/N-ethyl adjacent to an activating group) is 1. The van der Waals surface area contributed by atoms with Crippen molar-refractivity contribution in [3.63, 3.8) is 0 Å². The molecule has 2 amide bonds. The van der Waals surface area contributed by atoms with E-state index in [0.29, 0.717) is 42.3 Å². The van der Waals surface area contributed by atoms with E-state index < -0.39 is 0 Å². The van der Waals surface area contributed by atoms with Crippen LogP contribution in [-0.4, -0.2) is 72.0 Å². The van der Waals surface area contributed by atoms with Crippen LogP contribution in [0.4, 0.5) is 0 Å². The van der Waals surface area contributed by atoms with Crippen LogP contribution in [0.5, 0.6) is 11.5 Å². The quantitative estimate of drug-likeness (QED) is 0.687. The third-order valence-corrected chi connectivity index (χ3v) is 5.56. The van der Waals surface area contributed by atoms with Crippen molar-refractivity contribution in [1.82, 2.24) is 30.5 Å². The molecule has 0 radical (unpaired) electrons. The van der Waals surface area contributed by atoms with Crippen LogP contribution in [0, 0.1) is 5.92 Å². The maximum Gasteiger partial charge on any atom is 0.257 e. The Hall–Kier alpha value is -3.14. The second-order valence-electron chi connectivity index (χ2n) is 7.58. The largest absolute Gasteiger partial charge is 0.493 e. The molecule has 2 aliphatic rings. The smallest absolute Gasteiger partial charge is 0.257 e. The van der Waals surface area contributed by atoms with E-state index in [2.05, 4.69) is 20.9 Å². The fourth-order valence-corrected chi connectivity index (χ4v) is 3.90. The van der Waals surface area contributed by atoms with Gasteiger partial charge in [-0.3, -0.25) is 9.59 Å². The van der Waals surface area contributed by atoms with Gasteiger partial charge < -0.3 is 25.0 Å². The van der Waals surface area contributed by atoms with Gasteiger partial charge in [-0.05, 0) is 12.1 Å². The number of aromatic nitrogens is 3. The minimum absolute atomic E-state index is 0.0348. The summed E-state index contributed by atoms with van der Waals surface area (Å²) in [6.45, 7) is 2.38. The van der Waals surface area contributed by atoms with E-state index in [0.717, 1.165) is 13.1 Å². The van der Waals surface area contributed by atoms with E-state index in [-0.39, 0.29) is 30.4 Å². The standard InChI is InChI=1S/C20H26N6O4/c1-25-7-6-22-18(27)8-13-9-21-10-16(13)26-11-14(23-24-26)12-30-19-15(20(25)28)4-3-5-17(19)29-2/h3-5,11,13,16,21H,6-10,12H2,1-2H3,(H,22,27)/t13-,16+/m0/s1. The average molecular weight is 414 g/mol. The van der Waals surface area contributed by atoms with Crippen LogP contribution < -0.4 is 20.1 Å². The van der Waals surface area contributed by atoms with Gasteiger partial charge in [0.2, 0.25) is 5.91 Å². The molecular formula is C20H26N6O4. The molecule has 0 saturated carbocycles. The molecule has 1 aromatic carbocycles. The Labute approximate surface area is 174 Å². The predicted octanol–water partition coefficient (Wildman–Crippen LogP) is 0.218. The topological polar surface area (TPSA) is 111 Å². The molecule has 0 spiro atoms. The molecule has 160 valence electrons. The zero-order valence-corrected chi connectivity index (χ0v) is 17.1. The predicted molar refractivity (Wildman–Crippen MR) is 107 cm³/mol. The molecule has 2 N–H and O–H groups in total. The summed E-state index contributed by atoms with van der Waals surface area (Å²) in [5.74, 6) is 0.703. The number of para-hydroxylation sites is 1. The van der Waals surface area contributed by atoms with Crippen molar-refractivity contribution >= 4 is 11.8 Å². The maximum atomic E-state index is 13.0. The molecule has 0 aliphatic carbocycles. The minimum Gasteiger partial charge on any atom is -0.493 e. The molecule has 2 aromatic rings. The van der Waals surface area contributed by atoms with Gasteiger partial charge in [0.1, 0.15) is 12.3 Å². The number of fused-ring (bicyclic) bond motifs is 5. The molecule has 10 nitrogen and oxygen atoms in total. The first-order valence-electron chi connectivity index (χ1n) is 10.00. The lowest BCUT2D eigenvalue weighted by Gasteiger charge is -2.21. The molecule has 3 heterocycles. The molecule has 1 aromatic heterocycles. The monoisotopic (exact) mass is 414 g/mol. The Kier molecular flexibility index (Phi) is 5.84. The number of hydrogen-bond acceptors (Lipinski definition) is 7. The molecule has 30 heavy (non-hydrogen) atoms. The van der Waals surface area contributed by atoms with Crippen molar-refractivity contribution < 1.29 is 19.1 Å². The van der Waals surface area contributed by atoms with Crippen LogP contribution in [0.15, 0.2) is 24.4 Å². The Morgan fingerprint density at radius 3 is 2.97 bits per heavy atom. The zero-order chi connectivity index (χ0) is 21.1. The second-order valence-corrected chi connectivity index (χ2v) is 7.58. The third-order valence-electron chi connectivity index (χ3n) is 5.56. The van der Waals surface area contributed by atoms with E-state index in [1.165, 1.54) is 7.11 Å². The lowest BCUT2D eigenvalue weighted by Crippen LogP contribution is -2.37. The van der Waals surface area contributed by atoms with Crippen LogP contribution in [-0.2, 0) is 11.4 Å². The highest BCUT2D eigenvalue weighted by molar-refractivity contribution is 5.97. The number of ether oxygens (including phenoxy) is 2. The van der Waals surface area contributed by atoms with Crippen LogP contribution in [0.3, 0.4) is 0 Å². The van der Waals surface area contributed by atoms with Gasteiger partial charge in [0.05, 0.1) is 24.9 Å². The van der Waals surface area contributed by atoms with Crippen molar-refractivity contribution in [2.75, 3.05) is 40.3 Å². The fourth-order valence-electron chi connectivity index (χ4n) is 3.90. The van der Waals surface area contributed by atoms with Crippen molar-refractivity contribution in [2.24, 2.45) is 5.92 Å². The number of rotatable bonds is 1. The van der Waals surface area contributed by atoms with Crippen LogP contribution in [0.1, 0.15) is 28.5 Å². The number of nitrogens with one attached hydrogen (secondary N) is 2. The number of carbonyl (C=O) groups is 2. The van der Waals surface area contributed by atoms with E-state index >= 15 is 0 Å². The minimum atomic E-state index is -0.214. The van der Waals surface area contributed by atoms with Gasteiger partial charge in [0.25, 0.3) is 5.91 Å².